The number of hydrogen-bond acceptors (Lipinski definition) is 4. The summed E-state index contributed by atoms with van der Waals surface area (Å²) in [4.78, 5) is 30.3. The smallest absolute Gasteiger partial charge is 0.257 e. The first-order valence-electron chi connectivity index (χ1n) is 9.23. The molecule has 0 aliphatic rings. The number of aromatic nitrogens is 2. The molecule has 1 N–H and O–H groups in total. The van der Waals surface area contributed by atoms with Gasteiger partial charge in [-0.05, 0) is 61.9 Å². The van der Waals surface area contributed by atoms with Crippen LogP contribution >= 0.6 is 11.6 Å². The third kappa shape index (κ3) is 4.66. The van der Waals surface area contributed by atoms with Gasteiger partial charge in [-0.2, -0.15) is 0 Å². The maximum absolute atomic E-state index is 13.1. The lowest BCUT2D eigenvalue weighted by Gasteiger charge is -2.15. The third-order valence-electron chi connectivity index (χ3n) is 4.60. The largest absolute Gasteiger partial charge is 0.497 e. The molecule has 0 atom stereocenters. The topological polar surface area (TPSA) is 73.2 Å². The molecule has 0 unspecified atom stereocenters. The number of benzene rings is 2. The maximum atomic E-state index is 13.1. The Labute approximate surface area is 174 Å². The molecule has 3 rings (SSSR count). The molecule has 6 nitrogen and oxygen atoms in total. The summed E-state index contributed by atoms with van der Waals surface area (Å²) in [7, 11) is 1.58. The van der Waals surface area contributed by atoms with Gasteiger partial charge >= 0.3 is 0 Å². The van der Waals surface area contributed by atoms with Crippen LogP contribution in [0.15, 0.2) is 53.3 Å². The number of ether oxygens (including phenoxy) is 1. The molecule has 1 amide bonds. The van der Waals surface area contributed by atoms with E-state index in [-0.39, 0.29) is 18.0 Å². The summed E-state index contributed by atoms with van der Waals surface area (Å²) in [5.41, 5.74) is 2.38. The van der Waals surface area contributed by atoms with Gasteiger partial charge in [-0.3, -0.25) is 14.2 Å². The number of rotatable bonds is 6. The monoisotopic (exact) mass is 411 g/mol. The second-order valence-electron chi connectivity index (χ2n) is 6.53. The number of aryl methyl sites for hydroxylation is 1. The van der Waals surface area contributed by atoms with E-state index in [1.54, 1.807) is 62.6 Å². The van der Waals surface area contributed by atoms with Crippen LogP contribution in [0.3, 0.4) is 0 Å². The van der Waals surface area contributed by atoms with Gasteiger partial charge < -0.3 is 10.1 Å². The molecular formula is C22H22ClN3O3. The fourth-order valence-corrected chi connectivity index (χ4v) is 3.22. The molecule has 1 heterocycles. The molecule has 0 spiro atoms. The van der Waals surface area contributed by atoms with E-state index < -0.39 is 0 Å². The van der Waals surface area contributed by atoms with Gasteiger partial charge in [-0.25, -0.2) is 4.98 Å². The first kappa shape index (κ1) is 20.6. The lowest BCUT2D eigenvalue weighted by molar-refractivity contribution is -0.116. The zero-order chi connectivity index (χ0) is 21.0. The van der Waals surface area contributed by atoms with Crippen LogP contribution in [-0.4, -0.2) is 22.6 Å². The minimum atomic E-state index is -0.319. The van der Waals surface area contributed by atoms with Crippen molar-refractivity contribution in [3.8, 4) is 17.1 Å². The lowest BCUT2D eigenvalue weighted by Crippen LogP contribution is -2.32. The minimum absolute atomic E-state index is 0.150. The van der Waals surface area contributed by atoms with Gasteiger partial charge in [0, 0.05) is 27.5 Å². The molecule has 0 bridgehead atoms. The summed E-state index contributed by atoms with van der Waals surface area (Å²) in [6, 6.07) is 14.0. The lowest BCUT2D eigenvalue weighted by atomic mass is 10.1. The molecule has 150 valence electrons. The van der Waals surface area contributed by atoms with Crippen molar-refractivity contribution in [2.45, 2.75) is 26.8 Å². The Kier molecular flexibility index (Phi) is 6.34. The fourth-order valence-electron chi connectivity index (χ4n) is 3.09. The molecule has 0 fully saturated rings. The molecule has 0 aliphatic heterocycles. The van der Waals surface area contributed by atoms with Crippen molar-refractivity contribution in [3.05, 3.63) is 75.2 Å². The zero-order valence-electron chi connectivity index (χ0n) is 16.5. The molecule has 0 saturated carbocycles. The van der Waals surface area contributed by atoms with E-state index in [2.05, 4.69) is 10.3 Å². The maximum Gasteiger partial charge on any atom is 0.257 e. The number of anilines is 1. The highest BCUT2D eigenvalue weighted by Crippen LogP contribution is 2.21. The Hall–Kier alpha value is -3.12. The molecule has 0 aliphatic carbocycles. The van der Waals surface area contributed by atoms with Crippen molar-refractivity contribution in [2.24, 2.45) is 0 Å². The van der Waals surface area contributed by atoms with Gasteiger partial charge in [-0.1, -0.05) is 18.5 Å². The van der Waals surface area contributed by atoms with Crippen LogP contribution in [0.1, 0.15) is 18.2 Å². The highest BCUT2D eigenvalue weighted by atomic mass is 35.5. The van der Waals surface area contributed by atoms with Gasteiger partial charge in [0.15, 0.2) is 0 Å². The van der Waals surface area contributed by atoms with E-state index in [4.69, 9.17) is 16.3 Å². The number of methoxy groups -OCH3 is 1. The summed E-state index contributed by atoms with van der Waals surface area (Å²) in [5, 5.41) is 3.39. The fraction of sp³-hybridized carbons (Fsp3) is 0.227. The number of carbonyl (C=O) groups is 1. The number of nitrogens with one attached hydrogen (secondary N) is 1. The first-order valence-corrected chi connectivity index (χ1v) is 9.61. The van der Waals surface area contributed by atoms with E-state index in [0.717, 1.165) is 5.56 Å². The average molecular weight is 412 g/mol. The standard InChI is InChI=1S/C22H22ClN3O3/c1-4-19-14(2)24-21(15-5-7-16(23)8-6-15)26(22(19)28)13-20(27)25-17-9-11-18(29-3)12-10-17/h5-12H,4,13H2,1-3H3,(H,25,27). The van der Waals surface area contributed by atoms with Gasteiger partial charge in [-0.15, -0.1) is 0 Å². The van der Waals surface area contributed by atoms with Crippen LogP contribution < -0.4 is 15.6 Å². The molecular weight excluding hydrogens is 390 g/mol. The van der Waals surface area contributed by atoms with E-state index in [9.17, 15) is 9.59 Å². The molecule has 7 heteroatoms. The van der Waals surface area contributed by atoms with E-state index in [0.29, 0.717) is 40.0 Å². The van der Waals surface area contributed by atoms with Crippen LogP contribution in [0.2, 0.25) is 5.02 Å². The highest BCUT2D eigenvalue weighted by molar-refractivity contribution is 6.30. The molecule has 2 aromatic carbocycles. The second kappa shape index (κ2) is 8.92. The molecule has 0 radical (unpaired) electrons. The number of nitrogens with zero attached hydrogens (tertiary/aromatic N) is 2. The zero-order valence-corrected chi connectivity index (χ0v) is 17.3. The summed E-state index contributed by atoms with van der Waals surface area (Å²) in [6.45, 7) is 3.56. The minimum Gasteiger partial charge on any atom is -0.497 e. The van der Waals surface area contributed by atoms with Crippen molar-refractivity contribution in [3.63, 3.8) is 0 Å². The molecule has 3 aromatic rings. The number of carbonyl (C=O) groups excluding carboxylic acids is 1. The molecule has 29 heavy (non-hydrogen) atoms. The second-order valence-corrected chi connectivity index (χ2v) is 6.96. The normalized spacial score (nSPS) is 10.6. The van der Waals surface area contributed by atoms with Gasteiger partial charge in [0.05, 0.1) is 7.11 Å². The summed E-state index contributed by atoms with van der Waals surface area (Å²) in [6.07, 6.45) is 0.540. The predicted octanol–water partition coefficient (Wildman–Crippen LogP) is 4.08. The Balaban J connectivity index is 1.96. The van der Waals surface area contributed by atoms with Crippen LogP contribution in [0.25, 0.3) is 11.4 Å². The van der Waals surface area contributed by atoms with Crippen molar-refractivity contribution in [1.29, 1.82) is 0 Å². The number of hydrogen-bond donors (Lipinski definition) is 1. The Morgan fingerprint density at radius 1 is 1.14 bits per heavy atom. The predicted molar refractivity (Wildman–Crippen MR) is 115 cm³/mol. The van der Waals surface area contributed by atoms with Crippen molar-refractivity contribution in [2.75, 3.05) is 12.4 Å². The summed E-state index contributed by atoms with van der Waals surface area (Å²) in [5.74, 6) is 0.811. The summed E-state index contributed by atoms with van der Waals surface area (Å²) >= 11 is 5.98. The first-order chi connectivity index (χ1) is 13.9. The summed E-state index contributed by atoms with van der Waals surface area (Å²) < 4.78 is 6.53. The average Bonchev–Trinajstić information content (AvgIpc) is 2.71. The van der Waals surface area contributed by atoms with E-state index in [1.165, 1.54) is 4.57 Å². The van der Waals surface area contributed by atoms with E-state index >= 15 is 0 Å². The third-order valence-corrected chi connectivity index (χ3v) is 4.85. The Bertz CT molecular complexity index is 1070. The Morgan fingerprint density at radius 3 is 2.38 bits per heavy atom. The van der Waals surface area contributed by atoms with Crippen LogP contribution in [0, 0.1) is 6.92 Å². The Morgan fingerprint density at radius 2 is 1.79 bits per heavy atom. The van der Waals surface area contributed by atoms with Crippen LogP contribution in [0.4, 0.5) is 5.69 Å². The van der Waals surface area contributed by atoms with E-state index in [1.807, 2.05) is 6.92 Å². The van der Waals surface area contributed by atoms with Crippen LogP contribution in [-0.2, 0) is 17.8 Å². The SMILES string of the molecule is CCc1c(C)nc(-c2ccc(Cl)cc2)n(CC(=O)Nc2ccc(OC)cc2)c1=O. The quantitative estimate of drug-likeness (QED) is 0.663. The van der Waals surface area contributed by atoms with Crippen molar-refractivity contribution < 1.29 is 9.53 Å². The van der Waals surface area contributed by atoms with Gasteiger partial charge in [0.2, 0.25) is 5.91 Å². The van der Waals surface area contributed by atoms with Crippen molar-refractivity contribution >= 4 is 23.2 Å². The molecule has 0 saturated heterocycles. The van der Waals surface area contributed by atoms with Crippen LogP contribution in [0.5, 0.6) is 5.75 Å². The number of halogens is 1. The van der Waals surface area contributed by atoms with Gasteiger partial charge in [0.25, 0.3) is 5.56 Å². The highest BCUT2D eigenvalue weighted by Gasteiger charge is 2.17. The van der Waals surface area contributed by atoms with Crippen molar-refractivity contribution in [1.82, 2.24) is 9.55 Å². The number of amides is 1. The van der Waals surface area contributed by atoms with Gasteiger partial charge in [0.1, 0.15) is 18.1 Å². The molecule has 1 aromatic heterocycles.